The van der Waals surface area contributed by atoms with Crippen LogP contribution in [0.2, 0.25) is 0 Å². The number of likely N-dealkylation sites (tertiary alicyclic amines) is 1. The maximum atomic E-state index is 11.7. The molecule has 1 amide bonds. The van der Waals surface area contributed by atoms with Crippen molar-refractivity contribution >= 4 is 27.8 Å². The number of carbonyl (C=O) groups excluding carboxylic acids is 2. The second kappa shape index (κ2) is 7.43. The van der Waals surface area contributed by atoms with Crippen molar-refractivity contribution < 1.29 is 14.3 Å². The van der Waals surface area contributed by atoms with Crippen LogP contribution < -0.4 is 0 Å². The van der Waals surface area contributed by atoms with E-state index in [2.05, 4.69) is 15.9 Å². The van der Waals surface area contributed by atoms with Crippen molar-refractivity contribution in [2.45, 2.75) is 25.7 Å². The van der Waals surface area contributed by atoms with Gasteiger partial charge in [-0.05, 0) is 37.0 Å². The van der Waals surface area contributed by atoms with E-state index in [9.17, 15) is 9.59 Å². The van der Waals surface area contributed by atoms with Crippen LogP contribution in [-0.2, 0) is 20.7 Å². The molecule has 1 saturated heterocycles. The van der Waals surface area contributed by atoms with E-state index < -0.39 is 0 Å². The molecule has 1 aromatic carbocycles. The minimum atomic E-state index is -0.322. The monoisotopic (exact) mass is 339 g/mol. The summed E-state index contributed by atoms with van der Waals surface area (Å²) in [7, 11) is 0. The number of amides is 1. The van der Waals surface area contributed by atoms with Crippen molar-refractivity contribution in [2.75, 3.05) is 19.7 Å². The molecule has 4 nitrogen and oxygen atoms in total. The smallest absolute Gasteiger partial charge is 0.306 e. The molecule has 2 rings (SSSR count). The quantitative estimate of drug-likeness (QED) is 0.774. The van der Waals surface area contributed by atoms with Crippen molar-refractivity contribution in [3.63, 3.8) is 0 Å². The first kappa shape index (κ1) is 15.0. The predicted molar refractivity (Wildman–Crippen MR) is 79.2 cm³/mol. The predicted octanol–water partition coefficient (Wildman–Crippen LogP) is 2.55. The minimum Gasteiger partial charge on any atom is -0.456 e. The van der Waals surface area contributed by atoms with Gasteiger partial charge in [-0.3, -0.25) is 9.59 Å². The highest BCUT2D eigenvalue weighted by molar-refractivity contribution is 9.10. The summed E-state index contributed by atoms with van der Waals surface area (Å²) in [5.74, 6) is -0.407. The van der Waals surface area contributed by atoms with E-state index >= 15 is 0 Å². The van der Waals surface area contributed by atoms with Gasteiger partial charge in [0.1, 0.15) is 0 Å². The number of halogens is 1. The van der Waals surface area contributed by atoms with Crippen LogP contribution in [0.1, 0.15) is 24.8 Å². The lowest BCUT2D eigenvalue weighted by atomic mass is 10.1. The molecule has 0 atom stereocenters. The second-order valence-corrected chi connectivity index (χ2v) is 5.79. The third kappa shape index (κ3) is 4.63. The van der Waals surface area contributed by atoms with E-state index in [1.54, 1.807) is 4.90 Å². The zero-order valence-electron chi connectivity index (χ0n) is 11.3. The molecule has 0 radical (unpaired) electrons. The molecule has 108 valence electrons. The summed E-state index contributed by atoms with van der Waals surface area (Å²) in [6, 6.07) is 7.81. The maximum Gasteiger partial charge on any atom is 0.306 e. The Morgan fingerprint density at radius 1 is 1.25 bits per heavy atom. The summed E-state index contributed by atoms with van der Waals surface area (Å²) in [4.78, 5) is 25.1. The number of nitrogens with zero attached hydrogens (tertiary/aromatic N) is 1. The van der Waals surface area contributed by atoms with Crippen molar-refractivity contribution in [1.29, 1.82) is 0 Å². The van der Waals surface area contributed by atoms with Gasteiger partial charge >= 0.3 is 5.97 Å². The molecule has 0 unspecified atom stereocenters. The van der Waals surface area contributed by atoms with Gasteiger partial charge in [0.2, 0.25) is 0 Å². The molecule has 0 bridgehead atoms. The van der Waals surface area contributed by atoms with Gasteiger partial charge in [-0.15, -0.1) is 0 Å². The molecule has 0 aromatic heterocycles. The van der Waals surface area contributed by atoms with Crippen LogP contribution in [0.15, 0.2) is 28.7 Å². The molecule has 0 aliphatic carbocycles. The normalized spacial score (nSPS) is 14.3. The summed E-state index contributed by atoms with van der Waals surface area (Å²) in [5.41, 5.74) is 1.07. The molecular weight excluding hydrogens is 322 g/mol. The Labute approximate surface area is 127 Å². The molecular formula is C15H18BrNO3. The Morgan fingerprint density at radius 2 is 2.00 bits per heavy atom. The highest BCUT2D eigenvalue weighted by Crippen LogP contribution is 2.13. The minimum absolute atomic E-state index is 0.0849. The summed E-state index contributed by atoms with van der Waals surface area (Å²) in [6.45, 7) is 1.44. The van der Waals surface area contributed by atoms with Gasteiger partial charge in [-0.2, -0.15) is 0 Å². The third-order valence-corrected chi connectivity index (χ3v) is 3.82. The maximum absolute atomic E-state index is 11.7. The summed E-state index contributed by atoms with van der Waals surface area (Å²) >= 11 is 3.39. The molecule has 0 saturated carbocycles. The molecule has 20 heavy (non-hydrogen) atoms. The van der Waals surface area contributed by atoms with Crippen molar-refractivity contribution in [3.05, 3.63) is 34.3 Å². The van der Waals surface area contributed by atoms with E-state index in [1.807, 2.05) is 24.3 Å². The first-order valence-electron chi connectivity index (χ1n) is 6.83. The fourth-order valence-corrected chi connectivity index (χ4v) is 2.66. The number of hydrogen-bond donors (Lipinski definition) is 0. The van der Waals surface area contributed by atoms with Crippen LogP contribution in [0, 0.1) is 0 Å². The number of rotatable bonds is 5. The standard InChI is InChI=1S/C15H18BrNO3/c16-13-5-3-4-12(10-13)6-7-15(19)20-11-14(18)17-8-1-2-9-17/h3-5,10H,1-2,6-9,11H2. The van der Waals surface area contributed by atoms with Gasteiger partial charge in [0.15, 0.2) is 6.61 Å². The van der Waals surface area contributed by atoms with Crippen LogP contribution in [-0.4, -0.2) is 36.5 Å². The number of ether oxygens (including phenoxy) is 1. The fraction of sp³-hybridized carbons (Fsp3) is 0.467. The van der Waals surface area contributed by atoms with E-state index in [0.29, 0.717) is 12.8 Å². The highest BCUT2D eigenvalue weighted by atomic mass is 79.9. The molecule has 1 aromatic rings. The van der Waals surface area contributed by atoms with E-state index in [4.69, 9.17) is 4.74 Å². The summed E-state index contributed by atoms with van der Waals surface area (Å²) in [6.07, 6.45) is 3.01. The van der Waals surface area contributed by atoms with Gasteiger partial charge in [0.05, 0.1) is 0 Å². The largest absolute Gasteiger partial charge is 0.456 e. The highest BCUT2D eigenvalue weighted by Gasteiger charge is 2.18. The van der Waals surface area contributed by atoms with Gasteiger partial charge in [-0.1, -0.05) is 28.1 Å². The Morgan fingerprint density at radius 3 is 2.70 bits per heavy atom. The molecule has 0 N–H and O–H groups in total. The third-order valence-electron chi connectivity index (χ3n) is 3.32. The average Bonchev–Trinajstić information content (AvgIpc) is 2.97. The van der Waals surface area contributed by atoms with Crippen LogP contribution in [0.4, 0.5) is 0 Å². The van der Waals surface area contributed by atoms with Crippen molar-refractivity contribution in [1.82, 2.24) is 4.90 Å². The average molecular weight is 340 g/mol. The Balaban J connectivity index is 1.69. The number of esters is 1. The Hall–Kier alpha value is -1.36. The lowest BCUT2D eigenvalue weighted by Gasteiger charge is -2.14. The first-order valence-corrected chi connectivity index (χ1v) is 7.62. The molecule has 1 heterocycles. The molecule has 0 spiro atoms. The topological polar surface area (TPSA) is 46.6 Å². The SMILES string of the molecule is O=C(CCc1cccc(Br)c1)OCC(=O)N1CCCC1. The van der Waals surface area contributed by atoms with Gasteiger partial charge in [0.25, 0.3) is 5.91 Å². The lowest BCUT2D eigenvalue weighted by Crippen LogP contribution is -2.32. The number of aryl methyl sites for hydroxylation is 1. The number of hydrogen-bond acceptors (Lipinski definition) is 3. The number of carbonyl (C=O) groups is 2. The van der Waals surface area contributed by atoms with Crippen LogP contribution in [0.3, 0.4) is 0 Å². The molecule has 5 heteroatoms. The Kier molecular flexibility index (Phi) is 5.59. The zero-order valence-corrected chi connectivity index (χ0v) is 12.9. The zero-order chi connectivity index (χ0) is 14.4. The summed E-state index contributed by atoms with van der Waals surface area (Å²) in [5, 5.41) is 0. The first-order chi connectivity index (χ1) is 9.65. The van der Waals surface area contributed by atoms with Crippen molar-refractivity contribution in [3.8, 4) is 0 Å². The van der Waals surface area contributed by atoms with E-state index in [0.717, 1.165) is 36.0 Å². The Bertz CT molecular complexity index is 484. The fourth-order valence-electron chi connectivity index (χ4n) is 2.21. The van der Waals surface area contributed by atoms with Crippen molar-refractivity contribution in [2.24, 2.45) is 0 Å². The molecule has 1 aliphatic heterocycles. The summed E-state index contributed by atoms with van der Waals surface area (Å²) < 4.78 is 6.02. The van der Waals surface area contributed by atoms with E-state index in [-0.39, 0.29) is 18.5 Å². The van der Waals surface area contributed by atoms with E-state index in [1.165, 1.54) is 0 Å². The van der Waals surface area contributed by atoms with Crippen LogP contribution in [0.5, 0.6) is 0 Å². The lowest BCUT2D eigenvalue weighted by molar-refractivity contribution is -0.151. The number of benzene rings is 1. The van der Waals surface area contributed by atoms with Gasteiger partial charge < -0.3 is 9.64 Å². The van der Waals surface area contributed by atoms with Crippen LogP contribution >= 0.6 is 15.9 Å². The molecule has 1 aliphatic rings. The van der Waals surface area contributed by atoms with Gasteiger partial charge in [-0.25, -0.2) is 0 Å². The molecule has 1 fully saturated rings. The second-order valence-electron chi connectivity index (χ2n) is 4.88. The van der Waals surface area contributed by atoms with Crippen LogP contribution in [0.25, 0.3) is 0 Å². The van der Waals surface area contributed by atoms with Gasteiger partial charge in [0, 0.05) is 24.0 Å².